The molecule has 16 heavy (non-hydrogen) atoms. The minimum Gasteiger partial charge on any atom is -0.294 e. The van der Waals surface area contributed by atoms with Gasteiger partial charge in [-0.25, -0.2) is 4.52 Å². The molecule has 0 saturated carbocycles. The van der Waals surface area contributed by atoms with E-state index in [9.17, 15) is 4.79 Å². The van der Waals surface area contributed by atoms with Crippen molar-refractivity contribution in [3.8, 4) is 0 Å². The minimum atomic E-state index is 0.131. The van der Waals surface area contributed by atoms with Gasteiger partial charge in [0.25, 0.3) is 0 Å². The molecule has 3 nitrogen and oxygen atoms in total. The number of fused-ring (bicyclic) bond motifs is 3. The van der Waals surface area contributed by atoms with Crippen molar-refractivity contribution < 1.29 is 4.79 Å². The van der Waals surface area contributed by atoms with Crippen molar-refractivity contribution >= 4 is 22.0 Å². The number of carbonyl (C=O) groups excluding carboxylic acids is 1. The fourth-order valence-electron chi connectivity index (χ4n) is 2.50. The highest BCUT2D eigenvalue weighted by molar-refractivity contribution is 7.18. The molecular weight excluding hydrogens is 220 g/mol. The van der Waals surface area contributed by atoms with E-state index in [-0.39, 0.29) is 5.78 Å². The Labute approximate surface area is 98.1 Å². The second kappa shape index (κ2) is 3.42. The summed E-state index contributed by atoms with van der Waals surface area (Å²) in [5.41, 5.74) is 3.02. The number of aromatic nitrogens is 2. The zero-order valence-corrected chi connectivity index (χ0v) is 10.4. The van der Waals surface area contributed by atoms with Gasteiger partial charge in [-0.05, 0) is 39.5 Å². The number of aryl methyl sites for hydroxylation is 3. The van der Waals surface area contributed by atoms with Gasteiger partial charge in [0.15, 0.2) is 5.78 Å². The van der Waals surface area contributed by atoms with E-state index in [2.05, 4.69) is 5.10 Å². The number of carbonyl (C=O) groups is 1. The predicted molar refractivity (Wildman–Crippen MR) is 64.5 cm³/mol. The van der Waals surface area contributed by atoms with E-state index in [1.54, 1.807) is 18.3 Å². The quantitative estimate of drug-likeness (QED) is 0.711. The van der Waals surface area contributed by atoms with Gasteiger partial charge in [0.1, 0.15) is 4.83 Å². The van der Waals surface area contributed by atoms with Crippen LogP contribution in [0.4, 0.5) is 0 Å². The maximum Gasteiger partial charge on any atom is 0.164 e. The van der Waals surface area contributed by atoms with Crippen LogP contribution < -0.4 is 0 Å². The van der Waals surface area contributed by atoms with Crippen molar-refractivity contribution in [3.05, 3.63) is 21.8 Å². The molecule has 2 aromatic rings. The molecule has 1 aliphatic carbocycles. The third-order valence-corrected chi connectivity index (χ3v) is 4.49. The van der Waals surface area contributed by atoms with Crippen molar-refractivity contribution in [2.75, 3.05) is 0 Å². The maximum atomic E-state index is 11.6. The highest BCUT2D eigenvalue weighted by Crippen LogP contribution is 2.32. The summed E-state index contributed by atoms with van der Waals surface area (Å²) in [5, 5.41) is 4.51. The summed E-state index contributed by atoms with van der Waals surface area (Å²) in [5.74, 6) is 0.131. The summed E-state index contributed by atoms with van der Waals surface area (Å²) in [4.78, 5) is 14.1. The van der Waals surface area contributed by atoms with E-state index in [0.29, 0.717) is 0 Å². The zero-order chi connectivity index (χ0) is 11.3. The summed E-state index contributed by atoms with van der Waals surface area (Å²) in [6.07, 6.45) is 4.77. The molecule has 84 valence electrons. The number of rotatable bonds is 1. The molecule has 2 aromatic heterocycles. The Bertz CT molecular complexity index is 579. The Morgan fingerprint density at radius 3 is 2.88 bits per heavy atom. The van der Waals surface area contributed by atoms with Crippen molar-refractivity contribution in [2.24, 2.45) is 0 Å². The van der Waals surface area contributed by atoms with Crippen molar-refractivity contribution in [2.45, 2.75) is 39.5 Å². The molecule has 0 amide bonds. The Morgan fingerprint density at radius 1 is 1.38 bits per heavy atom. The molecule has 4 heteroatoms. The van der Waals surface area contributed by atoms with Crippen LogP contribution in [0.15, 0.2) is 0 Å². The largest absolute Gasteiger partial charge is 0.294 e. The van der Waals surface area contributed by atoms with Gasteiger partial charge in [0.05, 0.1) is 17.0 Å². The molecule has 2 heterocycles. The van der Waals surface area contributed by atoms with E-state index >= 15 is 0 Å². The van der Waals surface area contributed by atoms with Gasteiger partial charge in [-0.2, -0.15) is 5.10 Å². The number of nitrogens with zero attached hydrogens (tertiary/aromatic N) is 2. The van der Waals surface area contributed by atoms with Crippen molar-refractivity contribution in [1.29, 1.82) is 0 Å². The Kier molecular flexibility index (Phi) is 2.14. The molecule has 0 aliphatic heterocycles. The molecule has 0 spiro atoms. The summed E-state index contributed by atoms with van der Waals surface area (Å²) < 4.78 is 2.01. The highest BCUT2D eigenvalue weighted by Gasteiger charge is 2.22. The molecule has 0 aromatic carbocycles. The van der Waals surface area contributed by atoms with Crippen LogP contribution in [0.25, 0.3) is 4.83 Å². The number of hydrogen-bond acceptors (Lipinski definition) is 3. The van der Waals surface area contributed by atoms with Crippen LogP contribution in [0.3, 0.4) is 0 Å². The van der Waals surface area contributed by atoms with E-state index in [1.807, 2.05) is 11.4 Å². The van der Waals surface area contributed by atoms with E-state index in [0.717, 1.165) is 28.9 Å². The van der Waals surface area contributed by atoms with Crippen LogP contribution >= 0.6 is 11.3 Å². The normalized spacial score (nSPS) is 15.4. The number of hydrogen-bond donors (Lipinski definition) is 0. The SMILES string of the molecule is CC(=O)c1c(C)nn2c3c(sc12)CCCC3. The topological polar surface area (TPSA) is 34.4 Å². The maximum absolute atomic E-state index is 11.6. The Morgan fingerprint density at radius 2 is 2.12 bits per heavy atom. The Balaban J connectivity index is 2.32. The fourth-order valence-corrected chi connectivity index (χ4v) is 3.92. The number of ketones is 1. The molecule has 0 atom stereocenters. The summed E-state index contributed by atoms with van der Waals surface area (Å²) in [6, 6.07) is 0. The lowest BCUT2D eigenvalue weighted by atomic mass is 10.0. The zero-order valence-electron chi connectivity index (χ0n) is 9.54. The lowest BCUT2D eigenvalue weighted by molar-refractivity contribution is 0.101. The van der Waals surface area contributed by atoms with Crippen LogP contribution in [0.1, 0.15) is 46.4 Å². The summed E-state index contributed by atoms with van der Waals surface area (Å²) in [6.45, 7) is 3.55. The molecule has 1 aliphatic rings. The van der Waals surface area contributed by atoms with E-state index in [4.69, 9.17) is 0 Å². The van der Waals surface area contributed by atoms with Gasteiger partial charge in [0.2, 0.25) is 0 Å². The minimum absolute atomic E-state index is 0.131. The van der Waals surface area contributed by atoms with Crippen LogP contribution in [0, 0.1) is 6.92 Å². The van der Waals surface area contributed by atoms with Gasteiger partial charge in [-0.15, -0.1) is 11.3 Å². The Hall–Kier alpha value is -1.16. The van der Waals surface area contributed by atoms with Gasteiger partial charge >= 0.3 is 0 Å². The molecule has 0 bridgehead atoms. The van der Waals surface area contributed by atoms with Crippen LogP contribution in [0.5, 0.6) is 0 Å². The molecule has 0 radical (unpaired) electrons. The average Bonchev–Trinajstić information content (AvgIpc) is 2.71. The first-order valence-corrected chi connectivity index (χ1v) is 6.51. The van der Waals surface area contributed by atoms with Crippen LogP contribution in [0.2, 0.25) is 0 Å². The van der Waals surface area contributed by atoms with E-state index < -0.39 is 0 Å². The van der Waals surface area contributed by atoms with Gasteiger partial charge in [0, 0.05) is 4.88 Å². The van der Waals surface area contributed by atoms with Crippen LogP contribution in [-0.2, 0) is 12.8 Å². The standard InChI is InChI=1S/C12H14N2OS/c1-7-11(8(2)15)12-14(13-7)9-5-3-4-6-10(9)16-12/h3-6H2,1-2H3. The number of thiazole rings is 1. The van der Waals surface area contributed by atoms with Crippen LogP contribution in [-0.4, -0.2) is 15.4 Å². The second-order valence-corrected chi connectivity index (χ2v) is 5.50. The molecule has 0 saturated heterocycles. The van der Waals surface area contributed by atoms with Crippen molar-refractivity contribution in [1.82, 2.24) is 9.61 Å². The first kappa shape index (κ1) is 10.0. The third kappa shape index (κ3) is 1.26. The highest BCUT2D eigenvalue weighted by atomic mass is 32.1. The lowest BCUT2D eigenvalue weighted by Gasteiger charge is -2.09. The third-order valence-electron chi connectivity index (χ3n) is 3.23. The predicted octanol–water partition coefficient (Wildman–Crippen LogP) is 2.79. The van der Waals surface area contributed by atoms with E-state index in [1.165, 1.54) is 23.4 Å². The van der Waals surface area contributed by atoms with Crippen molar-refractivity contribution in [3.63, 3.8) is 0 Å². The smallest absolute Gasteiger partial charge is 0.164 e. The van der Waals surface area contributed by atoms with Gasteiger partial charge in [-0.1, -0.05) is 0 Å². The molecule has 0 fully saturated rings. The summed E-state index contributed by atoms with van der Waals surface area (Å²) >= 11 is 1.76. The first-order valence-electron chi connectivity index (χ1n) is 5.69. The summed E-state index contributed by atoms with van der Waals surface area (Å²) in [7, 11) is 0. The first-order chi connectivity index (χ1) is 7.68. The average molecular weight is 234 g/mol. The number of Topliss-reactive ketones (excluding diaryl/α,β-unsaturated/α-hetero) is 1. The molecule has 0 unspecified atom stereocenters. The molecular formula is C12H14N2OS. The second-order valence-electron chi connectivity index (χ2n) is 4.41. The molecule has 3 rings (SSSR count). The lowest BCUT2D eigenvalue weighted by Crippen LogP contribution is -2.03. The monoisotopic (exact) mass is 234 g/mol. The fraction of sp³-hybridized carbons (Fsp3) is 0.500. The van der Waals surface area contributed by atoms with Gasteiger partial charge in [-0.3, -0.25) is 4.79 Å². The molecule has 0 N–H and O–H groups in total. The van der Waals surface area contributed by atoms with Gasteiger partial charge < -0.3 is 0 Å².